The van der Waals surface area contributed by atoms with Gasteiger partial charge in [0.2, 0.25) is 5.91 Å². The molecule has 3 heteroatoms. The first-order chi connectivity index (χ1) is 7.13. The predicted molar refractivity (Wildman–Crippen MR) is 58.0 cm³/mol. The molecule has 1 atom stereocenters. The first-order valence-electron chi connectivity index (χ1n) is 4.86. The Labute approximate surface area is 89.7 Å². The van der Waals surface area contributed by atoms with E-state index in [2.05, 4.69) is 5.32 Å². The van der Waals surface area contributed by atoms with Crippen molar-refractivity contribution in [2.75, 3.05) is 0 Å². The number of hydrogen-bond acceptors (Lipinski definition) is 2. The lowest BCUT2D eigenvalue weighted by Crippen LogP contribution is -2.25. The molecular weight excluding hydrogens is 188 g/mol. The standard InChI is InChI=1S/C12H14N2O/c1-9-3-5-11(6-4-9)10(2)14-12(15)7-8-13/h3-6,10H,7H2,1-2H3,(H,14,15). The summed E-state index contributed by atoms with van der Waals surface area (Å²) in [6.45, 7) is 3.92. The fraction of sp³-hybridized carbons (Fsp3) is 0.333. The lowest BCUT2D eigenvalue weighted by Gasteiger charge is -2.13. The topological polar surface area (TPSA) is 52.9 Å². The van der Waals surface area contributed by atoms with E-state index in [0.29, 0.717) is 0 Å². The van der Waals surface area contributed by atoms with E-state index in [9.17, 15) is 4.79 Å². The number of nitrogens with one attached hydrogen (secondary N) is 1. The van der Waals surface area contributed by atoms with Crippen LogP contribution in [0.15, 0.2) is 24.3 Å². The van der Waals surface area contributed by atoms with Gasteiger partial charge in [-0.1, -0.05) is 29.8 Å². The van der Waals surface area contributed by atoms with Crippen molar-refractivity contribution in [3.05, 3.63) is 35.4 Å². The largest absolute Gasteiger partial charge is 0.349 e. The molecule has 0 aliphatic rings. The zero-order valence-electron chi connectivity index (χ0n) is 8.95. The van der Waals surface area contributed by atoms with E-state index in [0.717, 1.165) is 5.56 Å². The highest BCUT2D eigenvalue weighted by Gasteiger charge is 2.08. The molecule has 0 aliphatic heterocycles. The molecule has 0 saturated heterocycles. The smallest absolute Gasteiger partial charge is 0.234 e. The molecule has 1 N–H and O–H groups in total. The molecule has 1 unspecified atom stereocenters. The number of hydrogen-bond donors (Lipinski definition) is 1. The number of nitrogens with zero attached hydrogens (tertiary/aromatic N) is 1. The molecule has 1 aromatic rings. The molecule has 3 nitrogen and oxygen atoms in total. The van der Waals surface area contributed by atoms with Crippen LogP contribution in [0.5, 0.6) is 0 Å². The number of aryl methyl sites for hydroxylation is 1. The Morgan fingerprint density at radius 3 is 2.60 bits per heavy atom. The molecule has 0 saturated carbocycles. The highest BCUT2D eigenvalue weighted by Crippen LogP contribution is 2.12. The van der Waals surface area contributed by atoms with Crippen molar-refractivity contribution in [2.24, 2.45) is 0 Å². The molecule has 15 heavy (non-hydrogen) atoms. The summed E-state index contributed by atoms with van der Waals surface area (Å²) >= 11 is 0. The van der Waals surface area contributed by atoms with Crippen LogP contribution in [-0.4, -0.2) is 5.91 Å². The second-order valence-corrected chi connectivity index (χ2v) is 3.53. The Kier molecular flexibility index (Phi) is 3.87. The second kappa shape index (κ2) is 5.16. The predicted octanol–water partition coefficient (Wildman–Crippen LogP) is 2.09. The third-order valence-electron chi connectivity index (χ3n) is 2.19. The van der Waals surface area contributed by atoms with Crippen molar-refractivity contribution in [1.82, 2.24) is 5.32 Å². The lowest BCUT2D eigenvalue weighted by atomic mass is 10.1. The molecule has 0 radical (unpaired) electrons. The molecule has 78 valence electrons. The molecule has 0 heterocycles. The highest BCUT2D eigenvalue weighted by atomic mass is 16.1. The molecule has 0 bridgehead atoms. The second-order valence-electron chi connectivity index (χ2n) is 3.53. The number of nitriles is 1. The summed E-state index contributed by atoms with van der Waals surface area (Å²) in [5.74, 6) is -0.231. The van der Waals surface area contributed by atoms with E-state index < -0.39 is 0 Å². The van der Waals surface area contributed by atoms with Crippen LogP contribution in [0.3, 0.4) is 0 Å². The van der Waals surface area contributed by atoms with Crippen molar-refractivity contribution in [3.63, 3.8) is 0 Å². The highest BCUT2D eigenvalue weighted by molar-refractivity contribution is 5.78. The Morgan fingerprint density at radius 2 is 2.07 bits per heavy atom. The molecule has 1 rings (SSSR count). The number of carbonyl (C=O) groups is 1. The van der Waals surface area contributed by atoms with E-state index in [1.807, 2.05) is 44.2 Å². The monoisotopic (exact) mass is 202 g/mol. The summed E-state index contributed by atoms with van der Waals surface area (Å²) in [5, 5.41) is 11.1. The number of rotatable bonds is 3. The Morgan fingerprint density at radius 1 is 1.47 bits per heavy atom. The van der Waals surface area contributed by atoms with Crippen LogP contribution in [-0.2, 0) is 4.79 Å². The van der Waals surface area contributed by atoms with Crippen LogP contribution in [0, 0.1) is 18.3 Å². The van der Waals surface area contributed by atoms with Crippen molar-refractivity contribution >= 4 is 5.91 Å². The maximum atomic E-state index is 11.2. The van der Waals surface area contributed by atoms with Gasteiger partial charge in [-0.2, -0.15) is 5.26 Å². The van der Waals surface area contributed by atoms with Gasteiger partial charge in [0.05, 0.1) is 12.1 Å². The van der Waals surface area contributed by atoms with Crippen molar-refractivity contribution in [1.29, 1.82) is 5.26 Å². The summed E-state index contributed by atoms with van der Waals surface area (Å²) in [6.07, 6.45) is -0.0871. The number of amides is 1. The minimum absolute atomic E-state index is 0.0496. The Hall–Kier alpha value is -1.82. The average molecular weight is 202 g/mol. The van der Waals surface area contributed by atoms with E-state index in [-0.39, 0.29) is 18.4 Å². The average Bonchev–Trinajstić information content (AvgIpc) is 2.18. The summed E-state index contributed by atoms with van der Waals surface area (Å²) in [7, 11) is 0. The van der Waals surface area contributed by atoms with Gasteiger partial charge >= 0.3 is 0 Å². The Bertz CT molecular complexity index is 376. The lowest BCUT2D eigenvalue weighted by molar-refractivity contribution is -0.120. The van der Waals surface area contributed by atoms with Gasteiger partial charge in [0.1, 0.15) is 6.42 Å². The molecule has 0 spiro atoms. The van der Waals surface area contributed by atoms with Gasteiger partial charge in [0.25, 0.3) is 0 Å². The molecule has 1 amide bonds. The SMILES string of the molecule is Cc1ccc(C(C)NC(=O)CC#N)cc1. The van der Waals surface area contributed by atoms with Gasteiger partial charge in [-0.15, -0.1) is 0 Å². The fourth-order valence-electron chi connectivity index (χ4n) is 1.30. The summed E-state index contributed by atoms with van der Waals surface area (Å²) < 4.78 is 0. The van der Waals surface area contributed by atoms with Crippen molar-refractivity contribution in [2.45, 2.75) is 26.3 Å². The molecular formula is C12H14N2O. The van der Waals surface area contributed by atoms with Crippen LogP contribution in [0.25, 0.3) is 0 Å². The maximum absolute atomic E-state index is 11.2. The summed E-state index contributed by atoms with van der Waals surface area (Å²) in [6, 6.07) is 9.73. The summed E-state index contributed by atoms with van der Waals surface area (Å²) in [5.41, 5.74) is 2.24. The minimum atomic E-state index is -0.231. The first-order valence-corrected chi connectivity index (χ1v) is 4.86. The molecule has 0 aliphatic carbocycles. The quantitative estimate of drug-likeness (QED) is 0.815. The van der Waals surface area contributed by atoms with Crippen LogP contribution in [0.2, 0.25) is 0 Å². The van der Waals surface area contributed by atoms with E-state index in [1.165, 1.54) is 5.56 Å². The zero-order valence-corrected chi connectivity index (χ0v) is 8.95. The normalized spacial score (nSPS) is 11.5. The van der Waals surface area contributed by atoms with Crippen LogP contribution < -0.4 is 5.32 Å². The maximum Gasteiger partial charge on any atom is 0.234 e. The Balaban J connectivity index is 2.61. The number of benzene rings is 1. The fourth-order valence-corrected chi connectivity index (χ4v) is 1.30. The van der Waals surface area contributed by atoms with Crippen LogP contribution in [0.1, 0.15) is 30.5 Å². The van der Waals surface area contributed by atoms with Gasteiger partial charge in [0, 0.05) is 0 Å². The van der Waals surface area contributed by atoms with Crippen molar-refractivity contribution < 1.29 is 4.79 Å². The van der Waals surface area contributed by atoms with Gasteiger partial charge in [-0.3, -0.25) is 4.79 Å². The molecule has 0 fully saturated rings. The molecule has 1 aromatic carbocycles. The van der Waals surface area contributed by atoms with Crippen LogP contribution >= 0.6 is 0 Å². The van der Waals surface area contributed by atoms with Gasteiger partial charge < -0.3 is 5.32 Å². The van der Waals surface area contributed by atoms with E-state index in [1.54, 1.807) is 0 Å². The van der Waals surface area contributed by atoms with Crippen LogP contribution in [0.4, 0.5) is 0 Å². The van der Waals surface area contributed by atoms with Crippen molar-refractivity contribution in [3.8, 4) is 6.07 Å². The third-order valence-corrected chi connectivity index (χ3v) is 2.19. The minimum Gasteiger partial charge on any atom is -0.349 e. The first kappa shape index (κ1) is 11.3. The van der Waals surface area contributed by atoms with Gasteiger partial charge in [-0.25, -0.2) is 0 Å². The summed E-state index contributed by atoms with van der Waals surface area (Å²) in [4.78, 5) is 11.2. The zero-order chi connectivity index (χ0) is 11.3. The van der Waals surface area contributed by atoms with Gasteiger partial charge in [0.15, 0.2) is 0 Å². The number of carbonyl (C=O) groups excluding carboxylic acids is 1. The van der Waals surface area contributed by atoms with E-state index in [4.69, 9.17) is 5.26 Å². The van der Waals surface area contributed by atoms with E-state index >= 15 is 0 Å². The van der Waals surface area contributed by atoms with Gasteiger partial charge in [-0.05, 0) is 19.4 Å². The molecule has 0 aromatic heterocycles. The third kappa shape index (κ3) is 3.43.